The average Bonchev–Trinajstić information content (AvgIpc) is 3.03. The van der Waals surface area contributed by atoms with Gasteiger partial charge in [-0.3, -0.25) is 0 Å². The lowest BCUT2D eigenvalue weighted by atomic mass is 10.1. The molecule has 2 nitrogen and oxygen atoms in total. The second-order valence-corrected chi connectivity index (χ2v) is 6.03. The van der Waals surface area contributed by atoms with Crippen LogP contribution in [0.1, 0.15) is 5.56 Å². The summed E-state index contributed by atoms with van der Waals surface area (Å²) in [6.45, 7) is 0.523. The molecule has 0 amide bonds. The molecule has 0 saturated carbocycles. The Morgan fingerprint density at radius 3 is 2.71 bits per heavy atom. The predicted octanol–water partition coefficient (Wildman–Crippen LogP) is 5.39. The van der Waals surface area contributed by atoms with Gasteiger partial charge in [0.1, 0.15) is 5.75 Å². The van der Waals surface area contributed by atoms with Crippen LogP contribution in [0.4, 0.5) is 5.69 Å². The van der Waals surface area contributed by atoms with E-state index in [-0.39, 0.29) is 5.75 Å². The maximum Gasteiger partial charge on any atom is 0.120 e. The van der Waals surface area contributed by atoms with Gasteiger partial charge in [-0.15, -0.1) is 11.3 Å². The summed E-state index contributed by atoms with van der Waals surface area (Å²) in [5.41, 5.74) is 2.98. The van der Waals surface area contributed by atoms with Crippen molar-refractivity contribution in [2.45, 2.75) is 6.54 Å². The van der Waals surface area contributed by atoms with Crippen molar-refractivity contribution in [1.29, 1.82) is 0 Å². The molecule has 0 unspecified atom stereocenters. The third kappa shape index (κ3) is 3.20. The van der Waals surface area contributed by atoms with Gasteiger partial charge in [-0.05, 0) is 35.7 Å². The summed E-state index contributed by atoms with van der Waals surface area (Å²) in [6.07, 6.45) is 0. The number of hydrogen-bond donors (Lipinski definition) is 2. The lowest BCUT2D eigenvalue weighted by Gasteiger charge is -2.12. The van der Waals surface area contributed by atoms with E-state index in [2.05, 4.69) is 22.8 Å². The molecule has 2 N–H and O–H groups in total. The van der Waals surface area contributed by atoms with Crippen LogP contribution in [0.25, 0.3) is 10.4 Å². The molecule has 2 aromatic carbocycles. The van der Waals surface area contributed by atoms with Gasteiger partial charge in [-0.25, -0.2) is 0 Å². The SMILES string of the molecule is Oc1ccc(Cl)cc1CNc1ccccc1-c1cccs1. The fourth-order valence-corrected chi connectivity index (χ4v) is 3.13. The van der Waals surface area contributed by atoms with Crippen molar-refractivity contribution in [3.8, 4) is 16.2 Å². The number of anilines is 1. The molecule has 0 atom stereocenters. The zero-order chi connectivity index (χ0) is 14.7. The van der Waals surface area contributed by atoms with E-state index in [0.29, 0.717) is 11.6 Å². The number of aromatic hydroxyl groups is 1. The Labute approximate surface area is 132 Å². The molecule has 1 aromatic heterocycles. The normalized spacial score (nSPS) is 10.5. The molecule has 0 fully saturated rings. The summed E-state index contributed by atoms with van der Waals surface area (Å²) < 4.78 is 0. The molecule has 106 valence electrons. The summed E-state index contributed by atoms with van der Waals surface area (Å²) in [5, 5.41) is 15.9. The minimum atomic E-state index is 0.250. The number of halogens is 1. The first-order valence-electron chi connectivity index (χ1n) is 6.58. The van der Waals surface area contributed by atoms with Crippen molar-refractivity contribution in [3.05, 3.63) is 70.6 Å². The number of benzene rings is 2. The molecule has 1 heterocycles. The van der Waals surface area contributed by atoms with E-state index in [1.54, 1.807) is 29.5 Å². The van der Waals surface area contributed by atoms with Gasteiger partial charge in [0.15, 0.2) is 0 Å². The first-order valence-corrected chi connectivity index (χ1v) is 7.84. The molecule has 0 aliphatic heterocycles. The van der Waals surface area contributed by atoms with E-state index in [1.807, 2.05) is 24.3 Å². The lowest BCUT2D eigenvalue weighted by Crippen LogP contribution is -2.01. The van der Waals surface area contributed by atoms with Crippen LogP contribution in [-0.4, -0.2) is 5.11 Å². The largest absolute Gasteiger partial charge is 0.508 e. The van der Waals surface area contributed by atoms with E-state index in [9.17, 15) is 5.11 Å². The number of hydrogen-bond acceptors (Lipinski definition) is 3. The quantitative estimate of drug-likeness (QED) is 0.677. The summed E-state index contributed by atoms with van der Waals surface area (Å²) in [7, 11) is 0. The second kappa shape index (κ2) is 6.20. The predicted molar refractivity (Wildman–Crippen MR) is 90.2 cm³/mol. The topological polar surface area (TPSA) is 32.3 Å². The van der Waals surface area contributed by atoms with Crippen molar-refractivity contribution >= 4 is 28.6 Å². The van der Waals surface area contributed by atoms with Gasteiger partial charge in [0.25, 0.3) is 0 Å². The molecule has 0 radical (unpaired) electrons. The second-order valence-electron chi connectivity index (χ2n) is 4.65. The molecular formula is C17H14ClNOS. The van der Waals surface area contributed by atoms with E-state index >= 15 is 0 Å². The lowest BCUT2D eigenvalue weighted by molar-refractivity contribution is 0.469. The maximum absolute atomic E-state index is 9.87. The third-order valence-electron chi connectivity index (χ3n) is 3.22. The molecule has 4 heteroatoms. The number of phenols is 1. The Morgan fingerprint density at radius 2 is 1.90 bits per heavy atom. The molecule has 21 heavy (non-hydrogen) atoms. The molecule has 0 spiro atoms. The zero-order valence-electron chi connectivity index (χ0n) is 11.2. The number of phenolic OH excluding ortho intramolecular Hbond substituents is 1. The molecule has 3 aromatic rings. The highest BCUT2D eigenvalue weighted by Crippen LogP contribution is 2.32. The van der Waals surface area contributed by atoms with Crippen molar-refractivity contribution in [2.75, 3.05) is 5.32 Å². The Kier molecular flexibility index (Phi) is 4.13. The Bertz CT molecular complexity index is 740. The first kappa shape index (κ1) is 14.0. The summed E-state index contributed by atoms with van der Waals surface area (Å²) >= 11 is 7.68. The van der Waals surface area contributed by atoms with Crippen LogP contribution >= 0.6 is 22.9 Å². The molecule has 3 rings (SSSR count). The van der Waals surface area contributed by atoms with Crippen LogP contribution < -0.4 is 5.32 Å². The maximum atomic E-state index is 9.87. The molecule has 0 aliphatic rings. The fourth-order valence-electron chi connectivity index (χ4n) is 2.17. The Balaban J connectivity index is 1.84. The highest BCUT2D eigenvalue weighted by atomic mass is 35.5. The van der Waals surface area contributed by atoms with Crippen LogP contribution in [0.5, 0.6) is 5.75 Å². The van der Waals surface area contributed by atoms with Crippen molar-refractivity contribution in [2.24, 2.45) is 0 Å². The number of thiophene rings is 1. The molecule has 0 bridgehead atoms. The highest BCUT2D eigenvalue weighted by Gasteiger charge is 2.07. The number of rotatable bonds is 4. The average molecular weight is 316 g/mol. The summed E-state index contributed by atoms with van der Waals surface area (Å²) in [5.74, 6) is 0.250. The van der Waals surface area contributed by atoms with Crippen LogP contribution in [0.2, 0.25) is 5.02 Å². The van der Waals surface area contributed by atoms with Gasteiger partial charge in [0, 0.05) is 33.3 Å². The summed E-state index contributed by atoms with van der Waals surface area (Å²) in [6, 6.07) is 17.4. The number of para-hydroxylation sites is 1. The molecule has 0 aliphatic carbocycles. The van der Waals surface area contributed by atoms with Crippen LogP contribution in [0, 0.1) is 0 Å². The minimum absolute atomic E-state index is 0.250. The monoisotopic (exact) mass is 315 g/mol. The number of nitrogens with one attached hydrogen (secondary N) is 1. The van der Waals surface area contributed by atoms with E-state index < -0.39 is 0 Å². The van der Waals surface area contributed by atoms with Gasteiger partial charge in [0.05, 0.1) is 0 Å². The Morgan fingerprint density at radius 1 is 1.05 bits per heavy atom. The molecular weight excluding hydrogens is 302 g/mol. The van der Waals surface area contributed by atoms with Crippen molar-refractivity contribution in [1.82, 2.24) is 0 Å². The smallest absolute Gasteiger partial charge is 0.120 e. The van der Waals surface area contributed by atoms with Gasteiger partial charge in [-0.2, -0.15) is 0 Å². The van der Waals surface area contributed by atoms with E-state index in [0.717, 1.165) is 16.8 Å². The van der Waals surface area contributed by atoms with Crippen LogP contribution in [0.3, 0.4) is 0 Å². The van der Waals surface area contributed by atoms with E-state index in [4.69, 9.17) is 11.6 Å². The van der Waals surface area contributed by atoms with Crippen molar-refractivity contribution < 1.29 is 5.11 Å². The zero-order valence-corrected chi connectivity index (χ0v) is 12.8. The highest BCUT2D eigenvalue weighted by molar-refractivity contribution is 7.13. The molecule has 0 saturated heterocycles. The van der Waals surface area contributed by atoms with Gasteiger partial charge in [-0.1, -0.05) is 35.9 Å². The Hall–Kier alpha value is -1.97. The van der Waals surface area contributed by atoms with Crippen LogP contribution in [0.15, 0.2) is 60.0 Å². The van der Waals surface area contributed by atoms with Crippen molar-refractivity contribution in [3.63, 3.8) is 0 Å². The summed E-state index contributed by atoms with van der Waals surface area (Å²) in [4.78, 5) is 1.22. The minimum Gasteiger partial charge on any atom is -0.508 e. The first-order chi connectivity index (χ1) is 10.2. The van der Waals surface area contributed by atoms with Crippen LogP contribution in [-0.2, 0) is 6.54 Å². The van der Waals surface area contributed by atoms with E-state index in [1.165, 1.54) is 4.88 Å². The van der Waals surface area contributed by atoms with Gasteiger partial charge in [0.2, 0.25) is 0 Å². The third-order valence-corrected chi connectivity index (χ3v) is 4.36. The standard InChI is InChI=1S/C17H14ClNOS/c18-13-7-8-16(20)12(10-13)11-19-15-5-2-1-4-14(15)17-6-3-9-21-17/h1-10,19-20H,11H2. The van der Waals surface area contributed by atoms with Gasteiger partial charge < -0.3 is 10.4 Å². The van der Waals surface area contributed by atoms with Gasteiger partial charge >= 0.3 is 0 Å². The fraction of sp³-hybridized carbons (Fsp3) is 0.0588.